The van der Waals surface area contributed by atoms with Crippen LogP contribution < -0.4 is 0 Å². The molecule has 6 aromatic heterocycles. The van der Waals surface area contributed by atoms with Gasteiger partial charge in [-0.15, -0.1) is 0 Å². The van der Waals surface area contributed by atoms with Gasteiger partial charge in [0.05, 0.1) is 0 Å². The number of benzene rings is 1. The van der Waals surface area contributed by atoms with Gasteiger partial charge in [-0.2, -0.15) is 0 Å². The van der Waals surface area contributed by atoms with Crippen molar-refractivity contribution in [2.75, 3.05) is 0 Å². The van der Waals surface area contributed by atoms with Crippen LogP contribution in [0.3, 0.4) is 0 Å². The van der Waals surface area contributed by atoms with Crippen molar-refractivity contribution >= 4 is 33.7 Å². The van der Waals surface area contributed by atoms with E-state index in [9.17, 15) is 0 Å². The topological polar surface area (TPSA) is 117 Å². The molecule has 0 N–H and O–H groups in total. The third-order valence-electron chi connectivity index (χ3n) is 5.17. The van der Waals surface area contributed by atoms with Crippen molar-refractivity contribution in [3.63, 3.8) is 0 Å². The third-order valence-corrected chi connectivity index (χ3v) is 5.17. The number of pyridine rings is 3. The van der Waals surface area contributed by atoms with Crippen molar-refractivity contribution in [1.29, 1.82) is 0 Å². The largest absolute Gasteiger partial charge is 0.418 e. The summed E-state index contributed by atoms with van der Waals surface area (Å²) >= 11 is 0. The summed E-state index contributed by atoms with van der Waals surface area (Å²) in [5.74, 6) is 1.24. The van der Waals surface area contributed by atoms with Gasteiger partial charge in [-0.05, 0) is 54.6 Å². The first-order valence-corrected chi connectivity index (χ1v) is 10.1. The molecule has 7 aromatic rings. The van der Waals surface area contributed by atoms with E-state index in [2.05, 4.69) is 29.9 Å². The van der Waals surface area contributed by atoms with Gasteiger partial charge in [0.1, 0.15) is 16.6 Å². The standard InChI is InChI=1S/C24H12N6O3/c1-4-16-22(25-7-1)31-19(28-16)13-10-14(20-29-17-5-2-8-26-23(17)32-20)12-15(11-13)21-30-18-6-3-9-27-24(18)33-21/h1-12H. The van der Waals surface area contributed by atoms with Crippen molar-refractivity contribution in [3.05, 3.63) is 73.2 Å². The van der Waals surface area contributed by atoms with Crippen molar-refractivity contribution in [1.82, 2.24) is 29.9 Å². The summed E-state index contributed by atoms with van der Waals surface area (Å²) in [4.78, 5) is 26.5. The maximum absolute atomic E-state index is 5.90. The fourth-order valence-corrected chi connectivity index (χ4v) is 3.68. The van der Waals surface area contributed by atoms with Gasteiger partial charge in [0.15, 0.2) is 0 Å². The lowest BCUT2D eigenvalue weighted by molar-refractivity contribution is 0.603. The molecule has 0 atom stereocenters. The van der Waals surface area contributed by atoms with Gasteiger partial charge in [0, 0.05) is 35.3 Å². The molecule has 156 valence electrons. The van der Waals surface area contributed by atoms with Crippen LogP contribution in [-0.2, 0) is 0 Å². The van der Waals surface area contributed by atoms with E-state index in [4.69, 9.17) is 13.3 Å². The molecule has 7 rings (SSSR count). The maximum Gasteiger partial charge on any atom is 0.247 e. The van der Waals surface area contributed by atoms with Gasteiger partial charge in [-0.25, -0.2) is 29.9 Å². The van der Waals surface area contributed by atoms with Crippen LogP contribution >= 0.6 is 0 Å². The Kier molecular flexibility index (Phi) is 3.65. The molecule has 0 unspecified atom stereocenters. The van der Waals surface area contributed by atoms with E-state index >= 15 is 0 Å². The molecule has 0 saturated carbocycles. The number of hydrogen-bond acceptors (Lipinski definition) is 9. The van der Waals surface area contributed by atoms with Gasteiger partial charge in [-0.3, -0.25) is 0 Å². The van der Waals surface area contributed by atoms with Crippen molar-refractivity contribution < 1.29 is 13.3 Å². The molecule has 0 fully saturated rings. The zero-order valence-electron chi connectivity index (χ0n) is 16.8. The first-order chi connectivity index (χ1) is 16.3. The van der Waals surface area contributed by atoms with Gasteiger partial charge in [0.2, 0.25) is 34.8 Å². The zero-order chi connectivity index (χ0) is 21.8. The predicted molar refractivity (Wildman–Crippen MR) is 119 cm³/mol. The highest BCUT2D eigenvalue weighted by atomic mass is 16.4. The lowest BCUT2D eigenvalue weighted by Crippen LogP contribution is -1.86. The molecule has 0 aliphatic rings. The van der Waals surface area contributed by atoms with Crippen molar-refractivity contribution in [2.24, 2.45) is 0 Å². The summed E-state index contributed by atoms with van der Waals surface area (Å²) < 4.78 is 17.7. The van der Waals surface area contributed by atoms with Crippen LogP contribution in [0.5, 0.6) is 0 Å². The average Bonchev–Trinajstić information content (AvgIpc) is 3.59. The molecule has 0 radical (unpaired) electrons. The van der Waals surface area contributed by atoms with E-state index in [-0.39, 0.29) is 0 Å². The highest BCUT2D eigenvalue weighted by Crippen LogP contribution is 2.34. The fraction of sp³-hybridized carbons (Fsp3) is 0. The Morgan fingerprint density at radius 2 is 0.788 bits per heavy atom. The first-order valence-electron chi connectivity index (χ1n) is 10.1. The van der Waals surface area contributed by atoms with Crippen LogP contribution in [0.25, 0.3) is 68.1 Å². The minimum Gasteiger partial charge on any atom is -0.418 e. The van der Waals surface area contributed by atoms with Gasteiger partial charge < -0.3 is 13.3 Å². The number of rotatable bonds is 3. The maximum atomic E-state index is 5.90. The highest BCUT2D eigenvalue weighted by molar-refractivity contribution is 5.81. The second-order valence-corrected chi connectivity index (χ2v) is 7.34. The Morgan fingerprint density at radius 1 is 0.455 bits per heavy atom. The van der Waals surface area contributed by atoms with Crippen LogP contribution in [-0.4, -0.2) is 29.9 Å². The van der Waals surface area contributed by atoms with Crippen LogP contribution in [0.4, 0.5) is 0 Å². The number of fused-ring (bicyclic) bond motifs is 3. The Balaban J connectivity index is 1.46. The average molecular weight is 432 g/mol. The third kappa shape index (κ3) is 2.94. The molecule has 0 amide bonds. The summed E-state index contributed by atoms with van der Waals surface area (Å²) in [6.45, 7) is 0. The minimum atomic E-state index is 0.412. The highest BCUT2D eigenvalue weighted by Gasteiger charge is 2.18. The van der Waals surface area contributed by atoms with Gasteiger partial charge in [-0.1, -0.05) is 0 Å². The minimum absolute atomic E-state index is 0.412. The lowest BCUT2D eigenvalue weighted by Gasteiger charge is -2.03. The molecule has 0 bridgehead atoms. The molecule has 9 heteroatoms. The number of hydrogen-bond donors (Lipinski definition) is 0. The summed E-state index contributed by atoms with van der Waals surface area (Å²) in [6, 6.07) is 16.6. The molecule has 6 heterocycles. The van der Waals surface area contributed by atoms with Crippen LogP contribution in [0.15, 0.2) is 86.4 Å². The molecular weight excluding hydrogens is 420 g/mol. The summed E-state index contributed by atoms with van der Waals surface area (Å²) in [6.07, 6.45) is 4.99. The van der Waals surface area contributed by atoms with Crippen molar-refractivity contribution in [2.45, 2.75) is 0 Å². The van der Waals surface area contributed by atoms with E-state index in [1.165, 1.54) is 0 Å². The molecule has 9 nitrogen and oxygen atoms in total. The first kappa shape index (κ1) is 17.7. The molecule has 0 spiro atoms. The number of oxazole rings is 3. The molecule has 0 saturated heterocycles. The van der Waals surface area contributed by atoms with Gasteiger partial charge >= 0.3 is 0 Å². The van der Waals surface area contributed by atoms with E-state index in [0.29, 0.717) is 68.1 Å². The predicted octanol–water partition coefficient (Wildman–Crippen LogP) is 5.30. The second-order valence-electron chi connectivity index (χ2n) is 7.34. The fourth-order valence-electron chi connectivity index (χ4n) is 3.68. The summed E-state index contributed by atoms with van der Waals surface area (Å²) in [7, 11) is 0. The summed E-state index contributed by atoms with van der Waals surface area (Å²) in [5, 5.41) is 0. The normalized spacial score (nSPS) is 11.6. The van der Waals surface area contributed by atoms with Crippen LogP contribution in [0.2, 0.25) is 0 Å². The van der Waals surface area contributed by atoms with E-state index < -0.39 is 0 Å². The second kappa shape index (κ2) is 6.79. The van der Waals surface area contributed by atoms with E-state index in [1.54, 1.807) is 18.6 Å². The molecule has 1 aromatic carbocycles. The van der Waals surface area contributed by atoms with Crippen LogP contribution in [0.1, 0.15) is 0 Å². The smallest absolute Gasteiger partial charge is 0.247 e. The van der Waals surface area contributed by atoms with Gasteiger partial charge in [0.25, 0.3) is 0 Å². The summed E-state index contributed by atoms with van der Waals surface area (Å²) in [5.41, 5.74) is 5.46. The van der Waals surface area contributed by atoms with E-state index in [1.807, 2.05) is 54.6 Å². The van der Waals surface area contributed by atoms with Crippen LogP contribution in [0, 0.1) is 0 Å². The molecule has 0 aliphatic heterocycles. The Hall–Kier alpha value is -4.92. The Labute approximate surface area is 184 Å². The molecular formula is C24H12N6O3. The zero-order valence-corrected chi connectivity index (χ0v) is 16.8. The lowest BCUT2D eigenvalue weighted by atomic mass is 10.1. The van der Waals surface area contributed by atoms with E-state index in [0.717, 1.165) is 0 Å². The van der Waals surface area contributed by atoms with Crippen molar-refractivity contribution in [3.8, 4) is 34.4 Å². The number of nitrogens with zero attached hydrogens (tertiary/aromatic N) is 6. The molecule has 33 heavy (non-hydrogen) atoms. The molecule has 0 aliphatic carbocycles. The number of aromatic nitrogens is 6. The Bertz CT molecular complexity index is 1480. The Morgan fingerprint density at radius 3 is 1.09 bits per heavy atom. The quantitative estimate of drug-likeness (QED) is 0.367. The SMILES string of the molecule is c1cnc2oc(-c3cc(-c4nc5cccnc5o4)cc(-c4nc5cccnc5o4)c3)nc2c1. The monoisotopic (exact) mass is 432 g/mol.